The van der Waals surface area contributed by atoms with Gasteiger partial charge in [-0.2, -0.15) is 0 Å². The molecule has 0 fully saturated rings. The monoisotopic (exact) mass is 384 g/mol. The first-order valence-corrected chi connectivity index (χ1v) is 9.08. The largest absolute Gasteiger partial charge is 0.449 e. The lowest BCUT2D eigenvalue weighted by molar-refractivity contribution is -0.385. The van der Waals surface area contributed by atoms with Crippen molar-refractivity contribution in [3.8, 4) is 0 Å². The molecule has 0 bridgehead atoms. The Labute approximate surface area is 163 Å². The van der Waals surface area contributed by atoms with Crippen LogP contribution in [0.15, 0.2) is 48.5 Å². The van der Waals surface area contributed by atoms with Crippen molar-refractivity contribution in [1.82, 2.24) is 5.32 Å². The van der Waals surface area contributed by atoms with Crippen molar-refractivity contribution in [2.24, 2.45) is 0 Å². The fourth-order valence-corrected chi connectivity index (χ4v) is 2.73. The molecule has 2 atom stereocenters. The average Bonchev–Trinajstić information content (AvgIpc) is 2.66. The minimum absolute atomic E-state index is 0.0736. The van der Waals surface area contributed by atoms with Crippen molar-refractivity contribution in [2.75, 3.05) is 0 Å². The van der Waals surface area contributed by atoms with E-state index in [1.165, 1.54) is 30.7 Å². The van der Waals surface area contributed by atoms with E-state index in [4.69, 9.17) is 4.74 Å². The Morgan fingerprint density at radius 1 is 1.14 bits per heavy atom. The summed E-state index contributed by atoms with van der Waals surface area (Å²) >= 11 is 0. The number of esters is 1. The second-order valence-electron chi connectivity index (χ2n) is 6.74. The van der Waals surface area contributed by atoms with E-state index in [9.17, 15) is 19.7 Å². The fraction of sp³-hybridized carbons (Fsp3) is 0.333. The summed E-state index contributed by atoms with van der Waals surface area (Å²) in [5, 5.41) is 13.7. The van der Waals surface area contributed by atoms with Gasteiger partial charge >= 0.3 is 5.97 Å². The van der Waals surface area contributed by atoms with E-state index in [1.54, 1.807) is 6.92 Å². The van der Waals surface area contributed by atoms with Crippen molar-refractivity contribution in [2.45, 2.75) is 45.8 Å². The van der Waals surface area contributed by atoms with Crippen LogP contribution in [0.5, 0.6) is 0 Å². The first-order chi connectivity index (χ1) is 13.3. The second-order valence-corrected chi connectivity index (χ2v) is 6.74. The number of hydrogen-bond acceptors (Lipinski definition) is 5. The van der Waals surface area contributed by atoms with Crippen molar-refractivity contribution in [3.63, 3.8) is 0 Å². The van der Waals surface area contributed by atoms with Crippen LogP contribution in [0, 0.1) is 17.0 Å². The highest BCUT2D eigenvalue weighted by Gasteiger charge is 2.21. The molecule has 2 aromatic carbocycles. The van der Waals surface area contributed by atoms with Crippen molar-refractivity contribution < 1.29 is 19.2 Å². The molecule has 7 heteroatoms. The van der Waals surface area contributed by atoms with Gasteiger partial charge in [0.05, 0.1) is 10.5 Å². The van der Waals surface area contributed by atoms with Crippen LogP contribution in [0.3, 0.4) is 0 Å². The molecule has 0 aliphatic rings. The number of carbonyl (C=O) groups is 2. The SMILES string of the molecule is Cc1cc(C(=O)O[C@H](C)C(=O)N[C@H](C)CCc2ccccc2)ccc1[N+](=O)[O-]. The molecule has 2 rings (SSSR count). The molecule has 28 heavy (non-hydrogen) atoms. The molecular formula is C21H24N2O5. The van der Waals surface area contributed by atoms with Gasteiger partial charge in [0.1, 0.15) is 0 Å². The molecule has 0 radical (unpaired) electrons. The van der Waals surface area contributed by atoms with Crippen LogP contribution in [0.2, 0.25) is 0 Å². The molecule has 7 nitrogen and oxygen atoms in total. The molecule has 0 unspecified atom stereocenters. The van der Waals surface area contributed by atoms with Crippen LogP contribution < -0.4 is 5.32 Å². The molecule has 1 amide bonds. The number of benzene rings is 2. The third kappa shape index (κ3) is 5.90. The van der Waals surface area contributed by atoms with Gasteiger partial charge in [-0.1, -0.05) is 30.3 Å². The van der Waals surface area contributed by atoms with Crippen molar-refractivity contribution in [3.05, 3.63) is 75.3 Å². The number of nitrogens with one attached hydrogen (secondary N) is 1. The lowest BCUT2D eigenvalue weighted by Crippen LogP contribution is -2.41. The molecule has 0 aliphatic heterocycles. The van der Waals surface area contributed by atoms with E-state index in [2.05, 4.69) is 5.32 Å². The highest BCUT2D eigenvalue weighted by Crippen LogP contribution is 2.19. The quantitative estimate of drug-likeness (QED) is 0.426. The van der Waals surface area contributed by atoms with E-state index >= 15 is 0 Å². The Morgan fingerprint density at radius 2 is 1.82 bits per heavy atom. The number of nitro benzene ring substituents is 1. The first-order valence-electron chi connectivity index (χ1n) is 9.08. The molecule has 0 aliphatic carbocycles. The molecule has 0 saturated heterocycles. The number of hydrogen-bond donors (Lipinski definition) is 1. The number of nitro groups is 1. The average molecular weight is 384 g/mol. The van der Waals surface area contributed by atoms with E-state index in [0.29, 0.717) is 5.56 Å². The topological polar surface area (TPSA) is 98.5 Å². The van der Waals surface area contributed by atoms with Crippen LogP contribution in [-0.4, -0.2) is 28.9 Å². The Balaban J connectivity index is 1.86. The molecule has 0 aromatic heterocycles. The van der Waals surface area contributed by atoms with Gasteiger partial charge in [-0.15, -0.1) is 0 Å². The maximum Gasteiger partial charge on any atom is 0.338 e. The van der Waals surface area contributed by atoms with Gasteiger partial charge in [0.2, 0.25) is 0 Å². The zero-order chi connectivity index (χ0) is 20.7. The predicted octanol–water partition coefficient (Wildman–Crippen LogP) is 3.59. The van der Waals surface area contributed by atoms with Crippen molar-refractivity contribution in [1.29, 1.82) is 0 Å². The number of aryl methyl sites for hydroxylation is 2. The van der Waals surface area contributed by atoms with Crippen LogP contribution in [0.25, 0.3) is 0 Å². The van der Waals surface area contributed by atoms with Gasteiger partial charge in [0.25, 0.3) is 11.6 Å². The van der Waals surface area contributed by atoms with E-state index < -0.39 is 17.0 Å². The Kier molecular flexibility index (Phi) is 7.26. The van der Waals surface area contributed by atoms with Gasteiger partial charge < -0.3 is 10.1 Å². The Bertz CT molecular complexity index is 851. The standard InChI is InChI=1S/C21H24N2O5/c1-14-13-18(11-12-19(14)23(26)27)21(25)28-16(3)20(24)22-15(2)9-10-17-7-5-4-6-8-17/h4-8,11-13,15-16H,9-10H2,1-3H3,(H,22,24)/t15-,16-/m1/s1. The summed E-state index contributed by atoms with van der Waals surface area (Å²) in [5.74, 6) is -1.08. The predicted molar refractivity (Wildman–Crippen MR) is 105 cm³/mol. The summed E-state index contributed by atoms with van der Waals surface area (Å²) in [4.78, 5) is 34.8. The summed E-state index contributed by atoms with van der Waals surface area (Å²) in [6.45, 7) is 4.93. The number of nitrogens with zero attached hydrogens (tertiary/aromatic N) is 1. The Hall–Kier alpha value is -3.22. The maximum absolute atomic E-state index is 12.3. The molecule has 1 N–H and O–H groups in total. The third-order valence-electron chi connectivity index (χ3n) is 4.38. The lowest BCUT2D eigenvalue weighted by Gasteiger charge is -2.18. The smallest absolute Gasteiger partial charge is 0.338 e. The summed E-state index contributed by atoms with van der Waals surface area (Å²) in [7, 11) is 0. The Morgan fingerprint density at radius 3 is 2.43 bits per heavy atom. The van der Waals surface area contributed by atoms with Gasteiger partial charge in [-0.25, -0.2) is 4.79 Å². The minimum atomic E-state index is -0.970. The molecule has 0 saturated carbocycles. The molecule has 148 valence electrons. The van der Waals surface area contributed by atoms with Crippen molar-refractivity contribution >= 4 is 17.6 Å². The summed E-state index contributed by atoms with van der Waals surface area (Å²) < 4.78 is 5.20. The van der Waals surface area contributed by atoms with Gasteiger partial charge in [0, 0.05) is 17.7 Å². The normalized spacial score (nSPS) is 12.7. The van der Waals surface area contributed by atoms with E-state index in [1.807, 2.05) is 37.3 Å². The molecule has 2 aromatic rings. The van der Waals surface area contributed by atoms with E-state index in [0.717, 1.165) is 12.8 Å². The van der Waals surface area contributed by atoms with Crippen LogP contribution in [0.1, 0.15) is 41.8 Å². The van der Waals surface area contributed by atoms with E-state index in [-0.39, 0.29) is 23.2 Å². The highest BCUT2D eigenvalue weighted by atomic mass is 16.6. The van der Waals surface area contributed by atoms with Gasteiger partial charge in [0.15, 0.2) is 6.10 Å². The highest BCUT2D eigenvalue weighted by molar-refractivity contribution is 5.92. The van der Waals surface area contributed by atoms with Gasteiger partial charge in [-0.05, 0) is 51.3 Å². The molecular weight excluding hydrogens is 360 g/mol. The number of ether oxygens (including phenoxy) is 1. The number of rotatable bonds is 8. The summed E-state index contributed by atoms with van der Waals surface area (Å²) in [5.41, 5.74) is 1.64. The molecule has 0 spiro atoms. The first kappa shape index (κ1) is 21.1. The fourth-order valence-electron chi connectivity index (χ4n) is 2.73. The zero-order valence-corrected chi connectivity index (χ0v) is 16.2. The van der Waals surface area contributed by atoms with Crippen LogP contribution >= 0.6 is 0 Å². The summed E-state index contributed by atoms with van der Waals surface area (Å²) in [6.07, 6.45) is 0.624. The van der Waals surface area contributed by atoms with Gasteiger partial charge in [-0.3, -0.25) is 14.9 Å². The zero-order valence-electron chi connectivity index (χ0n) is 16.2. The number of carbonyl (C=O) groups excluding carboxylic acids is 2. The minimum Gasteiger partial charge on any atom is -0.449 e. The summed E-state index contributed by atoms with van der Waals surface area (Å²) in [6, 6.07) is 13.8. The lowest BCUT2D eigenvalue weighted by atomic mass is 10.1. The second kappa shape index (κ2) is 9.64. The van der Waals surface area contributed by atoms with Crippen LogP contribution in [0.4, 0.5) is 5.69 Å². The molecule has 0 heterocycles. The van der Waals surface area contributed by atoms with Crippen LogP contribution in [-0.2, 0) is 16.0 Å². The maximum atomic E-state index is 12.3. The number of amides is 1. The third-order valence-corrected chi connectivity index (χ3v) is 4.38.